The van der Waals surface area contributed by atoms with E-state index in [0.29, 0.717) is 19.0 Å². The van der Waals surface area contributed by atoms with E-state index in [1.54, 1.807) is 18.7 Å². The Morgan fingerprint density at radius 2 is 2.06 bits per heavy atom. The van der Waals surface area contributed by atoms with Gasteiger partial charge in [-0.25, -0.2) is 4.79 Å². The van der Waals surface area contributed by atoms with Crippen molar-refractivity contribution < 1.29 is 9.90 Å². The predicted molar refractivity (Wildman–Crippen MR) is 77.0 cm³/mol. The average Bonchev–Trinajstić information content (AvgIpc) is 2.36. The lowest BCUT2D eigenvalue weighted by atomic mass is 9.96. The van der Waals surface area contributed by atoms with E-state index in [-0.39, 0.29) is 6.03 Å². The van der Waals surface area contributed by atoms with Gasteiger partial charge in [0.2, 0.25) is 0 Å². The smallest absolute Gasteiger partial charge is 0.315 e. The lowest BCUT2D eigenvalue weighted by Crippen LogP contribution is -2.48. The molecule has 0 spiro atoms. The van der Waals surface area contributed by atoms with Gasteiger partial charge in [0.05, 0.1) is 5.60 Å². The zero-order valence-electron chi connectivity index (χ0n) is 11.5. The minimum atomic E-state index is -0.813. The summed E-state index contributed by atoms with van der Waals surface area (Å²) in [6, 6.07) is 0.168. The molecule has 106 valence electrons. The first-order chi connectivity index (χ1) is 8.53. The van der Waals surface area contributed by atoms with Crippen molar-refractivity contribution in [2.75, 3.05) is 18.6 Å². The van der Waals surface area contributed by atoms with Crippen molar-refractivity contribution in [3.05, 3.63) is 0 Å². The molecule has 0 aromatic heterocycles. The summed E-state index contributed by atoms with van der Waals surface area (Å²) < 4.78 is 0. The molecule has 0 radical (unpaired) electrons. The molecule has 2 amide bonds. The van der Waals surface area contributed by atoms with Crippen molar-refractivity contribution in [2.24, 2.45) is 0 Å². The molecule has 0 heterocycles. The van der Waals surface area contributed by atoms with Gasteiger partial charge in [-0.15, -0.1) is 0 Å². The number of aliphatic hydroxyl groups is 1. The lowest BCUT2D eigenvalue weighted by Gasteiger charge is -2.26. The summed E-state index contributed by atoms with van der Waals surface area (Å²) in [6.07, 6.45) is 8.56. The van der Waals surface area contributed by atoms with Gasteiger partial charge in [-0.05, 0) is 38.2 Å². The molecule has 1 rings (SSSR count). The van der Waals surface area contributed by atoms with E-state index < -0.39 is 5.60 Å². The zero-order chi connectivity index (χ0) is 13.4. The highest BCUT2D eigenvalue weighted by molar-refractivity contribution is 7.98. The highest BCUT2D eigenvalue weighted by Crippen LogP contribution is 2.17. The van der Waals surface area contributed by atoms with Gasteiger partial charge < -0.3 is 15.7 Å². The summed E-state index contributed by atoms with van der Waals surface area (Å²) in [4.78, 5) is 11.7. The molecule has 4 nitrogen and oxygen atoms in total. The van der Waals surface area contributed by atoms with Gasteiger partial charge in [0.15, 0.2) is 0 Å². The summed E-state index contributed by atoms with van der Waals surface area (Å²) >= 11 is 1.70. The fourth-order valence-corrected chi connectivity index (χ4v) is 2.81. The second kappa shape index (κ2) is 7.89. The van der Waals surface area contributed by atoms with Crippen molar-refractivity contribution in [3.63, 3.8) is 0 Å². The van der Waals surface area contributed by atoms with Crippen LogP contribution < -0.4 is 10.6 Å². The molecule has 5 heteroatoms. The first-order valence-corrected chi connectivity index (χ1v) is 8.18. The van der Waals surface area contributed by atoms with Gasteiger partial charge in [-0.3, -0.25) is 0 Å². The summed E-state index contributed by atoms with van der Waals surface area (Å²) in [5.74, 6) is 0.902. The zero-order valence-corrected chi connectivity index (χ0v) is 12.3. The SMILES string of the molecule is CSCC[C@@](C)(O)CNC(=O)NC1CCCCC1. The van der Waals surface area contributed by atoms with Crippen LogP contribution in [-0.2, 0) is 0 Å². The Labute approximate surface area is 114 Å². The molecule has 1 aliphatic carbocycles. The topological polar surface area (TPSA) is 61.4 Å². The number of amides is 2. The molecule has 1 atom stereocenters. The fourth-order valence-electron chi connectivity index (χ4n) is 2.16. The van der Waals surface area contributed by atoms with Crippen LogP contribution in [0.5, 0.6) is 0 Å². The molecule has 0 aliphatic heterocycles. The molecule has 0 aromatic rings. The number of hydrogen-bond acceptors (Lipinski definition) is 3. The molecule has 18 heavy (non-hydrogen) atoms. The van der Waals surface area contributed by atoms with Crippen molar-refractivity contribution >= 4 is 17.8 Å². The standard InChI is InChI=1S/C13H26N2O2S/c1-13(17,8-9-18-2)10-14-12(16)15-11-6-4-3-5-7-11/h11,17H,3-10H2,1-2H3,(H2,14,15,16)/t13-/m1/s1. The molecule has 0 unspecified atom stereocenters. The molecule has 0 bridgehead atoms. The van der Waals surface area contributed by atoms with E-state index in [1.165, 1.54) is 19.3 Å². The average molecular weight is 274 g/mol. The third-order valence-electron chi connectivity index (χ3n) is 3.41. The molecule has 0 saturated heterocycles. The monoisotopic (exact) mass is 274 g/mol. The van der Waals surface area contributed by atoms with E-state index >= 15 is 0 Å². The summed E-state index contributed by atoms with van der Waals surface area (Å²) in [6.45, 7) is 2.08. The number of urea groups is 1. The summed E-state index contributed by atoms with van der Waals surface area (Å²) in [7, 11) is 0. The Bertz CT molecular complexity index is 253. The van der Waals surface area contributed by atoms with Crippen molar-refractivity contribution in [3.8, 4) is 0 Å². The predicted octanol–water partition coefficient (Wildman–Crippen LogP) is 2.12. The molecule has 3 N–H and O–H groups in total. The quantitative estimate of drug-likeness (QED) is 0.695. The number of rotatable bonds is 6. The normalized spacial score (nSPS) is 20.2. The van der Waals surface area contributed by atoms with Crippen molar-refractivity contribution in [2.45, 2.75) is 57.1 Å². The maximum Gasteiger partial charge on any atom is 0.315 e. The van der Waals surface area contributed by atoms with Crippen LogP contribution in [0, 0.1) is 0 Å². The molecule has 1 aliphatic rings. The molecule has 0 aromatic carbocycles. The van der Waals surface area contributed by atoms with Gasteiger partial charge in [0, 0.05) is 12.6 Å². The van der Waals surface area contributed by atoms with Gasteiger partial charge in [0.25, 0.3) is 0 Å². The Balaban J connectivity index is 2.19. The van der Waals surface area contributed by atoms with Crippen molar-refractivity contribution in [1.29, 1.82) is 0 Å². The van der Waals surface area contributed by atoms with Gasteiger partial charge in [0.1, 0.15) is 0 Å². The Kier molecular flexibility index (Phi) is 6.86. The number of carbonyl (C=O) groups excluding carboxylic acids is 1. The highest BCUT2D eigenvalue weighted by Gasteiger charge is 2.21. The third kappa shape index (κ3) is 6.50. The van der Waals surface area contributed by atoms with Crippen LogP contribution in [-0.4, -0.2) is 41.3 Å². The maximum absolute atomic E-state index is 11.7. The van der Waals surface area contributed by atoms with Crippen LogP contribution in [0.15, 0.2) is 0 Å². The minimum Gasteiger partial charge on any atom is -0.388 e. The number of nitrogens with one attached hydrogen (secondary N) is 2. The lowest BCUT2D eigenvalue weighted by molar-refractivity contribution is 0.0592. The first-order valence-electron chi connectivity index (χ1n) is 6.79. The summed E-state index contributed by atoms with van der Waals surface area (Å²) in [5.41, 5.74) is -0.813. The number of thioether (sulfide) groups is 1. The second-order valence-electron chi connectivity index (χ2n) is 5.40. The van der Waals surface area contributed by atoms with E-state index in [2.05, 4.69) is 10.6 Å². The van der Waals surface area contributed by atoms with Crippen LogP contribution in [0.3, 0.4) is 0 Å². The summed E-state index contributed by atoms with van der Waals surface area (Å²) in [5, 5.41) is 15.8. The number of carbonyl (C=O) groups is 1. The molecule has 1 saturated carbocycles. The number of hydrogen-bond donors (Lipinski definition) is 3. The fraction of sp³-hybridized carbons (Fsp3) is 0.923. The molecular formula is C13H26N2O2S. The van der Waals surface area contributed by atoms with E-state index in [9.17, 15) is 9.90 Å². The van der Waals surface area contributed by atoms with E-state index in [0.717, 1.165) is 18.6 Å². The Morgan fingerprint density at radius 1 is 1.39 bits per heavy atom. The largest absolute Gasteiger partial charge is 0.388 e. The Hall–Kier alpha value is -0.420. The highest BCUT2D eigenvalue weighted by atomic mass is 32.2. The first kappa shape index (κ1) is 15.6. The van der Waals surface area contributed by atoms with E-state index in [4.69, 9.17) is 0 Å². The van der Waals surface area contributed by atoms with Crippen LogP contribution >= 0.6 is 11.8 Å². The molecular weight excluding hydrogens is 248 g/mol. The van der Waals surface area contributed by atoms with Crippen LogP contribution in [0.4, 0.5) is 4.79 Å². The van der Waals surface area contributed by atoms with Crippen LogP contribution in [0.25, 0.3) is 0 Å². The minimum absolute atomic E-state index is 0.147. The molecule has 1 fully saturated rings. The maximum atomic E-state index is 11.7. The second-order valence-corrected chi connectivity index (χ2v) is 6.39. The van der Waals surface area contributed by atoms with Gasteiger partial charge in [-0.1, -0.05) is 19.3 Å². The van der Waals surface area contributed by atoms with E-state index in [1.807, 2.05) is 6.26 Å². The van der Waals surface area contributed by atoms with Crippen molar-refractivity contribution in [1.82, 2.24) is 10.6 Å². The van der Waals surface area contributed by atoms with Gasteiger partial charge in [-0.2, -0.15) is 11.8 Å². The Morgan fingerprint density at radius 3 is 2.67 bits per heavy atom. The van der Waals surface area contributed by atoms with Crippen LogP contribution in [0.1, 0.15) is 45.4 Å². The third-order valence-corrected chi connectivity index (χ3v) is 4.03. The van der Waals surface area contributed by atoms with Gasteiger partial charge >= 0.3 is 6.03 Å². The van der Waals surface area contributed by atoms with Crippen LogP contribution in [0.2, 0.25) is 0 Å².